The molecule has 3 amide bonds. The second kappa shape index (κ2) is 7.94. The zero-order chi connectivity index (χ0) is 25.3. The van der Waals surface area contributed by atoms with Crippen LogP contribution in [0, 0.1) is 52.5 Å². The summed E-state index contributed by atoms with van der Waals surface area (Å²) in [7, 11) is 0. The smallest absolute Gasteiger partial charge is 0.273 e. The van der Waals surface area contributed by atoms with E-state index in [1.54, 1.807) is 24.3 Å². The third-order valence-corrected chi connectivity index (χ3v) is 8.11. The van der Waals surface area contributed by atoms with Gasteiger partial charge in [-0.05, 0) is 49.1 Å². The van der Waals surface area contributed by atoms with Crippen molar-refractivity contribution in [2.75, 3.05) is 6.54 Å². The van der Waals surface area contributed by atoms with Gasteiger partial charge in [-0.25, -0.2) is 5.01 Å². The number of Topliss-reactive ketones (excluding diaryl/α,β-unsaturated/α-hetero) is 1. The van der Waals surface area contributed by atoms with Crippen LogP contribution in [0.25, 0.3) is 0 Å². The van der Waals surface area contributed by atoms with E-state index in [1.807, 2.05) is 19.1 Å². The minimum absolute atomic E-state index is 0.0319. The maximum atomic E-state index is 13.7. The first-order valence-corrected chi connectivity index (χ1v) is 12.0. The normalized spacial score (nSPS) is 29.1. The van der Waals surface area contributed by atoms with Crippen molar-refractivity contribution in [1.82, 2.24) is 10.0 Å². The molecule has 0 N–H and O–H groups in total. The summed E-state index contributed by atoms with van der Waals surface area (Å²) in [6.07, 6.45) is 5.08. The van der Waals surface area contributed by atoms with Crippen LogP contribution >= 0.6 is 0 Å². The molecule has 36 heavy (non-hydrogen) atoms. The van der Waals surface area contributed by atoms with Crippen LogP contribution < -0.4 is 0 Å². The molecular formula is C27H23N3O6. The van der Waals surface area contributed by atoms with Gasteiger partial charge >= 0.3 is 0 Å². The van der Waals surface area contributed by atoms with Crippen molar-refractivity contribution in [3.63, 3.8) is 0 Å². The molecule has 7 rings (SSSR count). The van der Waals surface area contributed by atoms with E-state index in [0.29, 0.717) is 17.4 Å². The Morgan fingerprint density at radius 1 is 0.917 bits per heavy atom. The molecule has 9 heteroatoms. The number of nitrogens with zero attached hydrogens (tertiary/aromatic N) is 3. The monoisotopic (exact) mass is 485 g/mol. The Morgan fingerprint density at radius 2 is 1.44 bits per heavy atom. The molecule has 2 saturated carbocycles. The van der Waals surface area contributed by atoms with E-state index in [2.05, 4.69) is 0 Å². The summed E-state index contributed by atoms with van der Waals surface area (Å²) in [6, 6.07) is 11.7. The number of benzene rings is 2. The number of allylic oxidation sites excluding steroid dienone is 2. The first-order valence-electron chi connectivity index (χ1n) is 12.0. The largest absolute Gasteiger partial charge is 0.292 e. The highest BCUT2D eigenvalue weighted by atomic mass is 16.6. The first-order chi connectivity index (χ1) is 17.3. The van der Waals surface area contributed by atoms with E-state index in [4.69, 9.17) is 0 Å². The van der Waals surface area contributed by atoms with Gasteiger partial charge in [0.25, 0.3) is 23.4 Å². The summed E-state index contributed by atoms with van der Waals surface area (Å²) in [5.74, 6) is -2.41. The van der Waals surface area contributed by atoms with Crippen molar-refractivity contribution in [2.45, 2.75) is 13.3 Å². The van der Waals surface area contributed by atoms with E-state index in [-0.39, 0.29) is 23.1 Å². The molecule has 2 bridgehead atoms. The summed E-state index contributed by atoms with van der Waals surface area (Å²) in [6.45, 7) is 1.38. The SMILES string of the molecule is Cc1ccc(C(=O)CN(C(=O)c2ccc([N+](=O)[O-])cc2)N2C(=O)[C@@H]3[C@H]4C=C[C@@H]([C@@H]5C[C@@H]45)[C@H]3C2=O)cc1. The molecule has 1 heterocycles. The van der Waals surface area contributed by atoms with Crippen LogP contribution in [0.1, 0.15) is 32.7 Å². The minimum Gasteiger partial charge on any atom is -0.292 e. The summed E-state index contributed by atoms with van der Waals surface area (Å²) < 4.78 is 0. The predicted octanol–water partition coefficient (Wildman–Crippen LogP) is 3.20. The number of hydrogen-bond donors (Lipinski definition) is 0. The maximum absolute atomic E-state index is 13.7. The number of hydrogen-bond acceptors (Lipinski definition) is 6. The van der Waals surface area contributed by atoms with Gasteiger partial charge in [-0.3, -0.25) is 29.3 Å². The summed E-state index contributed by atoms with van der Waals surface area (Å²) >= 11 is 0. The highest BCUT2D eigenvalue weighted by molar-refractivity contribution is 6.10. The van der Waals surface area contributed by atoms with E-state index in [9.17, 15) is 29.3 Å². The van der Waals surface area contributed by atoms with Crippen molar-refractivity contribution in [3.05, 3.63) is 87.5 Å². The van der Waals surface area contributed by atoms with Gasteiger partial charge in [-0.1, -0.05) is 42.0 Å². The predicted molar refractivity (Wildman–Crippen MR) is 126 cm³/mol. The number of ketones is 1. The lowest BCUT2D eigenvalue weighted by molar-refractivity contribution is -0.384. The van der Waals surface area contributed by atoms with Crippen LogP contribution in [-0.4, -0.2) is 45.0 Å². The van der Waals surface area contributed by atoms with Gasteiger partial charge in [0.1, 0.15) is 6.54 Å². The van der Waals surface area contributed by atoms with Gasteiger partial charge in [0.15, 0.2) is 5.78 Å². The Labute approximate surface area is 206 Å². The summed E-state index contributed by atoms with van der Waals surface area (Å²) in [4.78, 5) is 64.6. The molecule has 0 unspecified atom stereocenters. The van der Waals surface area contributed by atoms with Crippen molar-refractivity contribution >= 4 is 29.2 Å². The number of non-ortho nitro benzene ring substituents is 1. The van der Waals surface area contributed by atoms with Crippen LogP contribution in [-0.2, 0) is 9.59 Å². The average Bonchev–Trinajstić information content (AvgIpc) is 3.66. The number of rotatable bonds is 6. The zero-order valence-corrected chi connectivity index (χ0v) is 19.4. The van der Waals surface area contributed by atoms with Gasteiger partial charge in [-0.15, -0.1) is 0 Å². The van der Waals surface area contributed by atoms with Gasteiger partial charge in [-0.2, -0.15) is 5.01 Å². The molecular weight excluding hydrogens is 462 g/mol. The molecule has 182 valence electrons. The molecule has 4 aliphatic carbocycles. The van der Waals surface area contributed by atoms with E-state index in [1.165, 1.54) is 24.3 Å². The number of carbonyl (C=O) groups excluding carboxylic acids is 4. The van der Waals surface area contributed by atoms with Crippen LogP contribution in [0.15, 0.2) is 60.7 Å². The van der Waals surface area contributed by atoms with Crippen molar-refractivity contribution in [2.24, 2.45) is 35.5 Å². The number of carbonyl (C=O) groups is 4. The molecule has 1 saturated heterocycles. The number of hydrazine groups is 1. The van der Waals surface area contributed by atoms with Crippen LogP contribution in [0.4, 0.5) is 5.69 Å². The maximum Gasteiger partial charge on any atom is 0.273 e. The van der Waals surface area contributed by atoms with Gasteiger partial charge in [0.2, 0.25) is 0 Å². The number of amides is 3. The number of nitro benzene ring substituents is 1. The van der Waals surface area contributed by atoms with Crippen LogP contribution in [0.5, 0.6) is 0 Å². The first kappa shape index (κ1) is 22.3. The molecule has 0 spiro atoms. The molecule has 0 aromatic heterocycles. The van der Waals surface area contributed by atoms with Crippen molar-refractivity contribution < 1.29 is 24.1 Å². The van der Waals surface area contributed by atoms with Crippen molar-refractivity contribution in [1.29, 1.82) is 0 Å². The quantitative estimate of drug-likeness (QED) is 0.204. The molecule has 9 nitrogen and oxygen atoms in total. The highest BCUT2D eigenvalue weighted by Gasteiger charge is 2.68. The lowest BCUT2D eigenvalue weighted by atomic mass is 9.63. The second-order valence-corrected chi connectivity index (χ2v) is 10.1. The Morgan fingerprint density at radius 3 is 1.97 bits per heavy atom. The Bertz CT molecular complexity index is 1310. The molecule has 3 fully saturated rings. The molecule has 2 aromatic rings. The summed E-state index contributed by atoms with van der Waals surface area (Å²) in [5.41, 5.74) is 1.15. The Balaban J connectivity index is 1.35. The second-order valence-electron chi connectivity index (χ2n) is 10.1. The van der Waals surface area contributed by atoms with Gasteiger partial charge < -0.3 is 0 Å². The number of aryl methyl sites for hydroxylation is 1. The van der Waals surface area contributed by atoms with Gasteiger partial charge in [0, 0.05) is 23.3 Å². The molecule has 5 aliphatic rings. The average molecular weight is 485 g/mol. The van der Waals surface area contributed by atoms with Crippen molar-refractivity contribution in [3.8, 4) is 0 Å². The van der Waals surface area contributed by atoms with E-state index in [0.717, 1.165) is 22.0 Å². The lowest BCUT2D eigenvalue weighted by Crippen LogP contribution is -2.52. The minimum atomic E-state index is -0.740. The fraction of sp³-hybridized carbons (Fsp3) is 0.333. The number of nitro groups is 1. The third-order valence-electron chi connectivity index (χ3n) is 8.11. The lowest BCUT2D eigenvalue weighted by Gasteiger charge is -2.37. The Hall–Kier alpha value is -4.14. The fourth-order valence-electron chi connectivity index (χ4n) is 6.25. The van der Waals surface area contributed by atoms with E-state index < -0.39 is 46.8 Å². The van der Waals surface area contributed by atoms with E-state index >= 15 is 0 Å². The summed E-state index contributed by atoms with van der Waals surface area (Å²) in [5, 5.41) is 12.8. The standard InChI is InChI=1S/C27H23N3O6/c1-14-2-4-15(5-3-14)22(31)13-28(25(32)16-6-8-17(9-7-16)30(35)36)29-26(33)23-18-10-11-19(21-12-20(18)21)24(23)27(29)34/h2-11,18-21,23-24H,12-13H2,1H3/t18-,19-,20-,21-,23+,24+/m0/s1. The molecule has 6 atom stereocenters. The van der Waals surface area contributed by atoms with Crippen LogP contribution in [0.3, 0.4) is 0 Å². The van der Waals surface area contributed by atoms with Gasteiger partial charge in [0.05, 0.1) is 16.8 Å². The zero-order valence-electron chi connectivity index (χ0n) is 19.4. The number of imide groups is 1. The molecule has 2 aromatic carbocycles. The topological polar surface area (TPSA) is 118 Å². The van der Waals surface area contributed by atoms with Crippen LogP contribution in [0.2, 0.25) is 0 Å². The fourth-order valence-corrected chi connectivity index (χ4v) is 6.25. The third kappa shape index (κ3) is 3.30. The Kier molecular flexibility index (Phi) is 4.93. The molecule has 1 aliphatic heterocycles. The highest BCUT2D eigenvalue weighted by Crippen LogP contribution is 2.65. The molecule has 0 radical (unpaired) electrons.